The number of rotatable bonds is 7. The summed E-state index contributed by atoms with van der Waals surface area (Å²) in [4.78, 5) is 16.4. The van der Waals surface area contributed by atoms with Gasteiger partial charge in [0, 0.05) is 24.5 Å². The Morgan fingerprint density at radius 2 is 1.86 bits per heavy atom. The second-order valence-electron chi connectivity index (χ2n) is 5.98. The average Bonchev–Trinajstić information content (AvgIpc) is 2.70. The number of nitrogens with zero attached hydrogens (tertiary/aromatic N) is 1. The van der Waals surface area contributed by atoms with Gasteiger partial charge in [0.1, 0.15) is 0 Å². The van der Waals surface area contributed by atoms with E-state index in [0.717, 1.165) is 5.56 Å². The lowest BCUT2D eigenvalue weighted by atomic mass is 10.2. The quantitative estimate of drug-likeness (QED) is 0.618. The van der Waals surface area contributed by atoms with Crippen LogP contribution in [0, 0.1) is 0 Å². The fourth-order valence-electron chi connectivity index (χ4n) is 2.52. The Balaban J connectivity index is 1.69. The third-order valence-corrected chi connectivity index (χ3v) is 5.64. The van der Waals surface area contributed by atoms with E-state index >= 15 is 0 Å². The Hall–Kier alpha value is -2.90. The minimum absolute atomic E-state index is 0.0210. The van der Waals surface area contributed by atoms with Crippen LogP contribution in [0.4, 0.5) is 5.69 Å². The Kier molecular flexibility index (Phi) is 6.28. The first-order chi connectivity index (χ1) is 13.5. The van der Waals surface area contributed by atoms with Gasteiger partial charge in [-0.25, -0.2) is 8.42 Å². The van der Waals surface area contributed by atoms with Crippen LogP contribution in [0.25, 0.3) is 0 Å². The number of aromatic nitrogens is 1. The molecule has 0 spiro atoms. The number of anilines is 1. The number of hydrogen-bond acceptors (Lipinski definition) is 4. The van der Waals surface area contributed by atoms with Crippen LogP contribution >= 0.6 is 11.6 Å². The molecule has 0 radical (unpaired) electrons. The van der Waals surface area contributed by atoms with Gasteiger partial charge in [-0.05, 0) is 48.4 Å². The topological polar surface area (TPSA) is 88.2 Å². The molecule has 6 nitrogen and oxygen atoms in total. The third-order valence-electron chi connectivity index (χ3n) is 3.95. The maximum Gasteiger partial charge on any atom is 0.261 e. The molecule has 8 heteroatoms. The van der Waals surface area contributed by atoms with Crippen LogP contribution in [-0.4, -0.2) is 25.9 Å². The molecule has 0 fully saturated rings. The molecule has 0 unspecified atom stereocenters. The number of amides is 1. The van der Waals surface area contributed by atoms with Crippen LogP contribution in [0.1, 0.15) is 15.9 Å². The first-order valence-electron chi connectivity index (χ1n) is 8.50. The van der Waals surface area contributed by atoms with Gasteiger partial charge in [0.05, 0.1) is 15.6 Å². The van der Waals surface area contributed by atoms with Crippen LogP contribution in [0.3, 0.4) is 0 Å². The summed E-state index contributed by atoms with van der Waals surface area (Å²) in [6.07, 6.45) is 4.05. The predicted octanol–water partition coefficient (Wildman–Crippen LogP) is 3.51. The molecule has 1 aromatic heterocycles. The molecule has 0 bridgehead atoms. The highest BCUT2D eigenvalue weighted by Gasteiger charge is 2.17. The molecule has 1 heterocycles. The van der Waals surface area contributed by atoms with Crippen molar-refractivity contribution in [2.45, 2.75) is 11.3 Å². The summed E-state index contributed by atoms with van der Waals surface area (Å²) < 4.78 is 27.7. The number of halogens is 1. The lowest BCUT2D eigenvalue weighted by molar-refractivity contribution is 0.0954. The van der Waals surface area contributed by atoms with E-state index in [2.05, 4.69) is 15.0 Å². The highest BCUT2D eigenvalue weighted by atomic mass is 35.5. The van der Waals surface area contributed by atoms with Crippen molar-refractivity contribution in [2.75, 3.05) is 11.3 Å². The lowest BCUT2D eigenvalue weighted by Gasteiger charge is -2.11. The molecule has 0 aliphatic heterocycles. The van der Waals surface area contributed by atoms with Gasteiger partial charge in [0.2, 0.25) is 0 Å². The smallest absolute Gasteiger partial charge is 0.261 e. The molecule has 28 heavy (non-hydrogen) atoms. The maximum absolute atomic E-state index is 12.6. The summed E-state index contributed by atoms with van der Waals surface area (Å²) in [7, 11) is -3.88. The van der Waals surface area contributed by atoms with Crippen LogP contribution < -0.4 is 10.0 Å². The molecular formula is C20H18ClN3O3S. The average molecular weight is 416 g/mol. The Bertz CT molecular complexity index is 1070. The summed E-state index contributed by atoms with van der Waals surface area (Å²) in [6, 6.07) is 16.1. The number of benzene rings is 2. The molecule has 0 atom stereocenters. The molecule has 0 saturated heterocycles. The number of carbonyl (C=O) groups excluding carboxylic acids is 1. The fourth-order valence-corrected chi connectivity index (χ4v) is 3.88. The first-order valence-corrected chi connectivity index (χ1v) is 10.4. The number of carbonyl (C=O) groups is 1. The Morgan fingerprint density at radius 3 is 2.61 bits per heavy atom. The minimum atomic E-state index is -3.88. The van der Waals surface area contributed by atoms with Crippen molar-refractivity contribution in [3.05, 3.63) is 89.2 Å². The molecule has 0 aliphatic carbocycles. The zero-order chi connectivity index (χ0) is 20.0. The summed E-state index contributed by atoms with van der Waals surface area (Å²) in [5.74, 6) is -0.348. The van der Waals surface area contributed by atoms with Crippen LogP contribution in [0.2, 0.25) is 5.02 Å². The zero-order valence-electron chi connectivity index (χ0n) is 14.8. The summed E-state index contributed by atoms with van der Waals surface area (Å²) in [6.45, 7) is 0.416. The van der Waals surface area contributed by atoms with E-state index in [-0.39, 0.29) is 27.1 Å². The number of sulfonamides is 1. The van der Waals surface area contributed by atoms with Gasteiger partial charge in [-0.1, -0.05) is 35.9 Å². The van der Waals surface area contributed by atoms with Gasteiger partial charge in [-0.15, -0.1) is 0 Å². The molecule has 0 saturated carbocycles. The van der Waals surface area contributed by atoms with Crippen LogP contribution in [0.15, 0.2) is 78.0 Å². The molecule has 3 aromatic rings. The van der Waals surface area contributed by atoms with Gasteiger partial charge >= 0.3 is 0 Å². The fraction of sp³-hybridized carbons (Fsp3) is 0.100. The third kappa shape index (κ3) is 5.09. The second-order valence-corrected chi connectivity index (χ2v) is 8.07. The minimum Gasteiger partial charge on any atom is -0.352 e. The Labute approximate surface area is 168 Å². The molecule has 3 rings (SSSR count). The molecule has 2 N–H and O–H groups in total. The highest BCUT2D eigenvalue weighted by Crippen LogP contribution is 2.24. The summed E-state index contributed by atoms with van der Waals surface area (Å²) >= 11 is 6.01. The van der Waals surface area contributed by atoms with E-state index in [4.69, 9.17) is 11.6 Å². The molecule has 1 amide bonds. The van der Waals surface area contributed by atoms with Gasteiger partial charge in [-0.2, -0.15) is 0 Å². The normalized spacial score (nSPS) is 11.0. The summed E-state index contributed by atoms with van der Waals surface area (Å²) in [5, 5.41) is 3.07. The van der Waals surface area contributed by atoms with Crippen molar-refractivity contribution in [3.8, 4) is 0 Å². The first kappa shape index (κ1) is 19.9. The number of hydrogen-bond donors (Lipinski definition) is 2. The van der Waals surface area contributed by atoms with Crippen molar-refractivity contribution in [1.82, 2.24) is 10.3 Å². The predicted molar refractivity (Wildman–Crippen MR) is 109 cm³/mol. The van der Waals surface area contributed by atoms with Crippen molar-refractivity contribution in [2.24, 2.45) is 0 Å². The standard InChI is InChI=1S/C20H18ClN3O3S/c21-18-8-1-2-9-19(18)24-28(26,27)17-7-3-6-16(13-17)20(25)23-12-10-15-5-4-11-22-14-15/h1-9,11,13-14,24H,10,12H2,(H,23,25). The number of para-hydroxylation sites is 1. The zero-order valence-corrected chi connectivity index (χ0v) is 16.4. The van der Waals surface area contributed by atoms with Crippen molar-refractivity contribution in [1.29, 1.82) is 0 Å². The second kappa shape index (κ2) is 8.86. The highest BCUT2D eigenvalue weighted by molar-refractivity contribution is 7.92. The van der Waals surface area contributed by atoms with E-state index < -0.39 is 10.0 Å². The Morgan fingerprint density at radius 1 is 1.04 bits per heavy atom. The molecular weight excluding hydrogens is 398 g/mol. The van der Waals surface area contributed by atoms with Gasteiger partial charge in [-0.3, -0.25) is 14.5 Å². The molecule has 0 aliphatic rings. The van der Waals surface area contributed by atoms with E-state index in [9.17, 15) is 13.2 Å². The molecule has 144 valence electrons. The van der Waals surface area contributed by atoms with Crippen LogP contribution in [-0.2, 0) is 16.4 Å². The van der Waals surface area contributed by atoms with Crippen molar-refractivity contribution in [3.63, 3.8) is 0 Å². The van der Waals surface area contributed by atoms with Crippen LogP contribution in [0.5, 0.6) is 0 Å². The van der Waals surface area contributed by atoms with Gasteiger partial charge in [0.15, 0.2) is 0 Å². The van der Waals surface area contributed by atoms with Gasteiger partial charge in [0.25, 0.3) is 15.9 Å². The summed E-state index contributed by atoms with van der Waals surface area (Å²) in [5.41, 5.74) is 1.53. The van der Waals surface area contributed by atoms with E-state index in [0.29, 0.717) is 13.0 Å². The SMILES string of the molecule is O=C(NCCc1cccnc1)c1cccc(S(=O)(=O)Nc2ccccc2Cl)c1. The molecule has 2 aromatic carbocycles. The van der Waals surface area contributed by atoms with Crippen molar-refractivity contribution >= 4 is 33.2 Å². The van der Waals surface area contributed by atoms with Crippen molar-refractivity contribution < 1.29 is 13.2 Å². The lowest BCUT2D eigenvalue weighted by Crippen LogP contribution is -2.26. The monoisotopic (exact) mass is 415 g/mol. The van der Waals surface area contributed by atoms with Gasteiger partial charge < -0.3 is 5.32 Å². The van der Waals surface area contributed by atoms with E-state index in [1.165, 1.54) is 18.2 Å². The number of nitrogens with one attached hydrogen (secondary N) is 2. The maximum atomic E-state index is 12.6. The van der Waals surface area contributed by atoms with E-state index in [1.807, 2.05) is 12.1 Å². The van der Waals surface area contributed by atoms with E-state index in [1.54, 1.807) is 42.7 Å². The number of pyridine rings is 1. The largest absolute Gasteiger partial charge is 0.352 e.